The molecular formula is C30H40O6. The van der Waals surface area contributed by atoms with Gasteiger partial charge in [-0.15, -0.1) is 0 Å². The topological polar surface area (TPSA) is 93.1 Å². The van der Waals surface area contributed by atoms with Gasteiger partial charge in [-0.2, -0.15) is 0 Å². The van der Waals surface area contributed by atoms with E-state index in [2.05, 4.69) is 13.8 Å². The number of methoxy groups -OCH3 is 1. The van der Waals surface area contributed by atoms with Crippen LogP contribution in [0.1, 0.15) is 59.4 Å². The molecule has 2 N–H and O–H groups in total. The van der Waals surface area contributed by atoms with Crippen molar-refractivity contribution in [1.82, 2.24) is 0 Å². The van der Waals surface area contributed by atoms with Crippen molar-refractivity contribution in [3.63, 3.8) is 0 Å². The number of ether oxygens (including phenoxy) is 2. The largest absolute Gasteiger partial charge is 0.458 e. The maximum Gasteiger partial charge on any atom is 0.331 e. The van der Waals surface area contributed by atoms with Gasteiger partial charge >= 0.3 is 5.97 Å². The first-order valence-electron chi connectivity index (χ1n) is 13.3. The van der Waals surface area contributed by atoms with Crippen LogP contribution in [-0.2, 0) is 19.1 Å². The molecule has 4 aliphatic rings. The maximum absolute atomic E-state index is 14.4. The number of carbonyl (C=O) groups excluding carboxylic acids is 2. The fourth-order valence-corrected chi connectivity index (χ4v) is 8.56. The number of aliphatic hydroxyl groups excluding tert-OH is 1. The van der Waals surface area contributed by atoms with E-state index >= 15 is 0 Å². The minimum Gasteiger partial charge on any atom is -0.458 e. The van der Waals surface area contributed by atoms with Gasteiger partial charge in [-0.05, 0) is 61.0 Å². The van der Waals surface area contributed by atoms with Gasteiger partial charge in [0.15, 0.2) is 5.78 Å². The van der Waals surface area contributed by atoms with Crippen LogP contribution in [-0.4, -0.2) is 53.0 Å². The summed E-state index contributed by atoms with van der Waals surface area (Å²) < 4.78 is 11.9. The first-order valence-corrected chi connectivity index (χ1v) is 13.3. The Morgan fingerprint density at radius 2 is 1.78 bits per heavy atom. The van der Waals surface area contributed by atoms with E-state index in [4.69, 9.17) is 9.47 Å². The summed E-state index contributed by atoms with van der Waals surface area (Å²) in [6.07, 6.45) is 2.54. The normalized spacial score (nSPS) is 47.0. The number of ketones is 1. The van der Waals surface area contributed by atoms with Crippen molar-refractivity contribution in [2.24, 2.45) is 39.9 Å². The van der Waals surface area contributed by atoms with E-state index in [1.54, 1.807) is 13.2 Å². The van der Waals surface area contributed by atoms with Crippen LogP contribution in [0.25, 0.3) is 6.08 Å². The number of rotatable bonds is 4. The Labute approximate surface area is 214 Å². The van der Waals surface area contributed by atoms with E-state index in [-0.39, 0.29) is 29.5 Å². The predicted molar refractivity (Wildman–Crippen MR) is 136 cm³/mol. The molecule has 10 atom stereocenters. The highest BCUT2D eigenvalue weighted by molar-refractivity contribution is 5.96. The molecule has 6 heteroatoms. The van der Waals surface area contributed by atoms with Crippen LogP contribution in [0.5, 0.6) is 0 Å². The number of hydrogen-bond acceptors (Lipinski definition) is 6. The summed E-state index contributed by atoms with van der Waals surface area (Å²) in [6, 6.07) is 9.44. The zero-order valence-corrected chi connectivity index (χ0v) is 22.2. The van der Waals surface area contributed by atoms with Crippen LogP contribution >= 0.6 is 0 Å². The highest BCUT2D eigenvalue weighted by atomic mass is 16.5. The van der Waals surface area contributed by atoms with Gasteiger partial charge in [-0.3, -0.25) is 4.79 Å². The summed E-state index contributed by atoms with van der Waals surface area (Å²) in [7, 11) is 1.64. The molecule has 0 amide bonds. The lowest BCUT2D eigenvalue weighted by atomic mass is 9.46. The highest BCUT2D eigenvalue weighted by Crippen LogP contribution is 2.73. The molecule has 4 saturated carbocycles. The number of esters is 1. The number of fused-ring (bicyclic) bond motifs is 3. The Hall–Kier alpha value is -2.02. The number of hydrogen-bond donors (Lipinski definition) is 2. The van der Waals surface area contributed by atoms with Crippen molar-refractivity contribution in [1.29, 1.82) is 0 Å². The quantitative estimate of drug-likeness (QED) is 0.483. The summed E-state index contributed by atoms with van der Waals surface area (Å²) >= 11 is 0. The third kappa shape index (κ3) is 3.26. The Morgan fingerprint density at radius 1 is 1.11 bits per heavy atom. The van der Waals surface area contributed by atoms with E-state index in [0.29, 0.717) is 12.3 Å². The van der Waals surface area contributed by atoms with E-state index < -0.39 is 46.6 Å². The minimum atomic E-state index is -1.78. The second-order valence-electron chi connectivity index (χ2n) is 12.8. The van der Waals surface area contributed by atoms with Gasteiger partial charge in [0, 0.05) is 18.6 Å². The van der Waals surface area contributed by atoms with Crippen molar-refractivity contribution < 1.29 is 29.3 Å². The third-order valence-corrected chi connectivity index (χ3v) is 10.9. The van der Waals surface area contributed by atoms with E-state index in [0.717, 1.165) is 12.0 Å². The van der Waals surface area contributed by atoms with Gasteiger partial charge in [0.05, 0.1) is 23.5 Å². The van der Waals surface area contributed by atoms with Crippen molar-refractivity contribution >= 4 is 17.8 Å². The Balaban J connectivity index is 1.48. The van der Waals surface area contributed by atoms with Crippen LogP contribution in [0.3, 0.4) is 0 Å². The molecule has 0 saturated heterocycles. The zero-order valence-electron chi connectivity index (χ0n) is 22.2. The maximum atomic E-state index is 14.4. The number of aliphatic hydroxyl groups is 2. The monoisotopic (exact) mass is 496 g/mol. The molecule has 5 rings (SSSR count). The number of Topliss-reactive ketones (excluding diaryl/α,β-unsaturated/α-hetero) is 1. The molecule has 196 valence electrons. The number of benzene rings is 1. The van der Waals surface area contributed by atoms with Crippen molar-refractivity contribution in [3.05, 3.63) is 42.0 Å². The standard InChI is InChI=1S/C30H40O6/c1-17-16-30(34)22(23(17)36-20(31)13-12-18-10-8-7-9-11-18)24(32)28(4)15-14-19-21(27(19,2)3)25(35-6)29(28,5)26(30)33/h7-13,17,19,21-25,32,34H,14-16H2,1-6H3/b13-12+/t17-,19-,21-,22+,23-,24+,25+,28-,29+,30+/m0/s1. The lowest BCUT2D eigenvalue weighted by molar-refractivity contribution is -0.233. The molecule has 4 fully saturated rings. The molecule has 0 aliphatic heterocycles. The van der Waals surface area contributed by atoms with Gasteiger partial charge < -0.3 is 19.7 Å². The first-order chi connectivity index (χ1) is 16.8. The smallest absolute Gasteiger partial charge is 0.331 e. The molecule has 36 heavy (non-hydrogen) atoms. The number of carbonyl (C=O) groups is 2. The van der Waals surface area contributed by atoms with Crippen molar-refractivity contribution in [2.75, 3.05) is 7.11 Å². The van der Waals surface area contributed by atoms with Crippen LogP contribution in [0.4, 0.5) is 0 Å². The Morgan fingerprint density at radius 3 is 2.42 bits per heavy atom. The summed E-state index contributed by atoms with van der Waals surface area (Å²) in [5.41, 5.74) is -2.74. The van der Waals surface area contributed by atoms with Crippen LogP contribution < -0.4 is 0 Å². The molecule has 0 bridgehead atoms. The van der Waals surface area contributed by atoms with Gasteiger partial charge in [0.2, 0.25) is 0 Å². The molecule has 0 radical (unpaired) electrons. The fourth-order valence-electron chi connectivity index (χ4n) is 8.56. The molecule has 0 spiro atoms. The molecule has 0 aromatic heterocycles. The predicted octanol–water partition coefficient (Wildman–Crippen LogP) is 4.04. The minimum absolute atomic E-state index is 0.0574. The molecule has 0 unspecified atom stereocenters. The Kier molecular flexibility index (Phi) is 5.86. The van der Waals surface area contributed by atoms with Gasteiger partial charge in [-0.1, -0.05) is 58.0 Å². The van der Waals surface area contributed by atoms with Crippen molar-refractivity contribution in [3.8, 4) is 0 Å². The van der Waals surface area contributed by atoms with Crippen LogP contribution in [0.15, 0.2) is 36.4 Å². The van der Waals surface area contributed by atoms with E-state index in [1.807, 2.05) is 51.1 Å². The van der Waals surface area contributed by atoms with Gasteiger partial charge in [0.1, 0.15) is 11.7 Å². The average molecular weight is 497 g/mol. The molecule has 4 aliphatic carbocycles. The van der Waals surface area contributed by atoms with Crippen LogP contribution in [0.2, 0.25) is 0 Å². The summed E-state index contributed by atoms with van der Waals surface area (Å²) in [5.74, 6) is -1.38. The van der Waals surface area contributed by atoms with E-state index in [1.165, 1.54) is 6.08 Å². The lowest BCUT2D eigenvalue weighted by Crippen LogP contribution is -2.72. The van der Waals surface area contributed by atoms with Gasteiger partial charge in [0.25, 0.3) is 0 Å². The molecule has 6 nitrogen and oxygen atoms in total. The van der Waals surface area contributed by atoms with Crippen molar-refractivity contribution in [2.45, 2.75) is 77.8 Å². The lowest BCUT2D eigenvalue weighted by Gasteiger charge is -2.60. The first kappa shape index (κ1) is 25.6. The average Bonchev–Trinajstić information content (AvgIpc) is 3.31. The third-order valence-electron chi connectivity index (χ3n) is 10.9. The fraction of sp³-hybridized carbons (Fsp3) is 0.667. The summed E-state index contributed by atoms with van der Waals surface area (Å²) in [4.78, 5) is 27.2. The molecular weight excluding hydrogens is 456 g/mol. The molecule has 0 heterocycles. The summed E-state index contributed by atoms with van der Waals surface area (Å²) in [5, 5.41) is 24.0. The molecule has 1 aromatic carbocycles. The second-order valence-corrected chi connectivity index (χ2v) is 12.8. The SMILES string of the molecule is CO[C@@H]1[C@@H]2[C@H](CC[C@@]3(C)[C@H](O)[C@H]4[C@@H](OC(=O)/C=C/c5ccccc5)[C@@H](C)C[C@]4(O)C(=O)[C@@]13C)C2(C)C. The Bertz CT molecular complexity index is 1080. The zero-order chi connectivity index (χ0) is 26.3. The second kappa shape index (κ2) is 8.24. The van der Waals surface area contributed by atoms with E-state index in [9.17, 15) is 19.8 Å². The summed E-state index contributed by atoms with van der Waals surface area (Å²) in [6.45, 7) is 10.2. The highest BCUT2D eigenvalue weighted by Gasteiger charge is 2.79. The van der Waals surface area contributed by atoms with Crippen LogP contribution in [0, 0.1) is 39.9 Å². The molecule has 1 aromatic rings. The van der Waals surface area contributed by atoms with Gasteiger partial charge in [-0.25, -0.2) is 4.79 Å².